The predicted octanol–water partition coefficient (Wildman–Crippen LogP) is 0.970. The Morgan fingerprint density at radius 3 is 2.83 bits per heavy atom. The second-order valence-corrected chi connectivity index (χ2v) is 2.72. The third-order valence-electron chi connectivity index (χ3n) is 1.55. The van der Waals surface area contributed by atoms with E-state index in [0.29, 0.717) is 17.2 Å². The van der Waals surface area contributed by atoms with E-state index in [4.69, 9.17) is 17.0 Å². The van der Waals surface area contributed by atoms with E-state index in [1.165, 1.54) is 0 Å². The minimum absolute atomic E-state index is 0.148. The molecule has 1 fully saturated rings. The largest absolute Gasteiger partial charge is 0.408 e. The lowest BCUT2D eigenvalue weighted by molar-refractivity contribution is -0.136. The molecule has 0 saturated carbocycles. The fourth-order valence-electron chi connectivity index (χ4n) is 0.927. The maximum absolute atomic E-state index is 10.7. The first kappa shape index (κ1) is 9.06. The van der Waals surface area contributed by atoms with Crippen molar-refractivity contribution < 1.29 is 9.53 Å². The molecule has 4 nitrogen and oxygen atoms in total. The Bertz CT molecular complexity index is 260. The quantitative estimate of drug-likeness (QED) is 0.476. The molecule has 0 bridgehead atoms. The van der Waals surface area contributed by atoms with Gasteiger partial charge in [0.15, 0.2) is 0 Å². The zero-order valence-electron chi connectivity index (χ0n) is 6.61. The summed E-state index contributed by atoms with van der Waals surface area (Å²) in [4.78, 5) is 10.7. The van der Waals surface area contributed by atoms with E-state index in [-0.39, 0.29) is 18.3 Å². The molecule has 0 aromatic heterocycles. The number of ether oxygens (including phenoxy) is 1. The van der Waals surface area contributed by atoms with Crippen molar-refractivity contribution in [3.05, 3.63) is 10.7 Å². The summed E-state index contributed by atoms with van der Waals surface area (Å²) < 4.78 is 4.58. The fourth-order valence-corrected chi connectivity index (χ4v) is 1.11. The highest BCUT2D eigenvalue weighted by Crippen LogP contribution is 2.19. The minimum atomic E-state index is -0.371. The van der Waals surface area contributed by atoms with Crippen molar-refractivity contribution in [2.24, 2.45) is 0 Å². The van der Waals surface area contributed by atoms with Crippen molar-refractivity contribution in [1.82, 2.24) is 5.32 Å². The lowest BCUT2D eigenvalue weighted by Crippen LogP contribution is -2.22. The summed E-state index contributed by atoms with van der Waals surface area (Å²) in [7, 11) is 1.65. The van der Waals surface area contributed by atoms with E-state index >= 15 is 0 Å². The molecule has 0 unspecified atom stereocenters. The zero-order valence-corrected chi connectivity index (χ0v) is 7.36. The molecule has 1 saturated heterocycles. The Hall–Kier alpha value is -1.03. The summed E-state index contributed by atoms with van der Waals surface area (Å²) in [6.45, 7) is 0. The number of rotatable bonds is 1. The van der Waals surface area contributed by atoms with Crippen LogP contribution in [-0.4, -0.2) is 18.9 Å². The minimum Gasteiger partial charge on any atom is -0.408 e. The number of esters is 1. The van der Waals surface area contributed by atoms with Gasteiger partial charge in [0.25, 0.3) is 0 Å². The predicted molar refractivity (Wildman–Crippen MR) is 45.0 cm³/mol. The Kier molecular flexibility index (Phi) is 2.70. The van der Waals surface area contributed by atoms with Crippen molar-refractivity contribution in [3.8, 4) is 0 Å². The molecule has 0 radical (unpaired) electrons. The van der Waals surface area contributed by atoms with E-state index in [0.717, 1.165) is 0 Å². The Balaban J connectivity index is 2.81. The lowest BCUT2D eigenvalue weighted by Gasteiger charge is -2.16. The van der Waals surface area contributed by atoms with Crippen LogP contribution < -0.4 is 5.32 Å². The lowest BCUT2D eigenvalue weighted by atomic mass is 10.1. The van der Waals surface area contributed by atoms with E-state index in [1.807, 2.05) is 0 Å². The summed E-state index contributed by atoms with van der Waals surface area (Å²) in [5, 5.41) is 10.3. The molecule has 0 aromatic carbocycles. The van der Waals surface area contributed by atoms with E-state index in [2.05, 4.69) is 10.1 Å². The van der Waals surface area contributed by atoms with Gasteiger partial charge in [-0.25, -0.2) is 0 Å². The number of carbonyl (C=O) groups is 1. The molecule has 5 heteroatoms. The Labute approximate surface area is 75.0 Å². The molecule has 0 amide bonds. The van der Waals surface area contributed by atoms with E-state index in [1.54, 1.807) is 7.05 Å². The van der Waals surface area contributed by atoms with Gasteiger partial charge in [0.2, 0.25) is 5.90 Å². The molecule has 1 heterocycles. The summed E-state index contributed by atoms with van der Waals surface area (Å²) >= 11 is 5.72. The van der Waals surface area contributed by atoms with Crippen LogP contribution in [0.2, 0.25) is 0 Å². The van der Waals surface area contributed by atoms with Crippen LogP contribution in [-0.2, 0) is 9.53 Å². The molecule has 1 aliphatic rings. The number of hydrogen-bond donors (Lipinski definition) is 2. The molecular formula is C7H9ClN2O2. The second kappa shape index (κ2) is 3.58. The number of nitrogens with one attached hydrogen (secondary N) is 2. The van der Waals surface area contributed by atoms with Gasteiger partial charge in [-0.1, -0.05) is 11.6 Å². The number of halogens is 1. The normalized spacial score (nSPS) is 21.8. The van der Waals surface area contributed by atoms with Crippen molar-refractivity contribution in [2.45, 2.75) is 12.8 Å². The molecule has 66 valence electrons. The van der Waals surface area contributed by atoms with Crippen molar-refractivity contribution >= 4 is 23.5 Å². The topological polar surface area (TPSA) is 62.2 Å². The highest BCUT2D eigenvalue weighted by molar-refractivity contribution is 6.31. The molecule has 0 atom stereocenters. The molecule has 1 aliphatic heterocycles. The monoisotopic (exact) mass is 188 g/mol. The van der Waals surface area contributed by atoms with Gasteiger partial charge in [0.05, 0.1) is 6.42 Å². The van der Waals surface area contributed by atoms with Gasteiger partial charge in [0, 0.05) is 12.6 Å². The maximum Gasteiger partial charge on any atom is 0.312 e. The fraction of sp³-hybridized carbons (Fsp3) is 0.429. The third-order valence-corrected chi connectivity index (χ3v) is 1.97. The average Bonchev–Trinajstić information content (AvgIpc) is 2.03. The first-order valence-electron chi connectivity index (χ1n) is 3.51. The standard InChI is InChI=1S/C7H9ClN2O2/c1-10-6(8)4-2-3-5(11)12-7(4)9/h9-10H,2-3H2,1H3/b6-4-,9-7?. The SMILES string of the molecule is CN/C(Cl)=C1/CCC(=O)OC1=N. The smallest absolute Gasteiger partial charge is 0.312 e. The summed E-state index contributed by atoms with van der Waals surface area (Å²) in [6.07, 6.45) is 0.757. The summed E-state index contributed by atoms with van der Waals surface area (Å²) in [6, 6.07) is 0. The molecule has 0 spiro atoms. The third kappa shape index (κ3) is 1.76. The summed E-state index contributed by atoms with van der Waals surface area (Å²) in [5.41, 5.74) is 0.554. The van der Waals surface area contributed by atoms with Crippen molar-refractivity contribution in [1.29, 1.82) is 5.41 Å². The van der Waals surface area contributed by atoms with Gasteiger partial charge in [-0.2, -0.15) is 0 Å². The van der Waals surface area contributed by atoms with E-state index in [9.17, 15) is 4.79 Å². The first-order chi connectivity index (χ1) is 5.65. The van der Waals surface area contributed by atoms with Crippen LogP contribution in [0.1, 0.15) is 12.8 Å². The Morgan fingerprint density at radius 1 is 1.67 bits per heavy atom. The van der Waals surface area contributed by atoms with Gasteiger partial charge in [0.1, 0.15) is 5.16 Å². The maximum atomic E-state index is 10.7. The number of hydrogen-bond acceptors (Lipinski definition) is 4. The van der Waals surface area contributed by atoms with Crippen molar-refractivity contribution in [3.63, 3.8) is 0 Å². The highest BCUT2D eigenvalue weighted by Gasteiger charge is 2.22. The van der Waals surface area contributed by atoms with Gasteiger partial charge < -0.3 is 10.1 Å². The van der Waals surface area contributed by atoms with Crippen LogP contribution >= 0.6 is 11.6 Å². The van der Waals surface area contributed by atoms with Gasteiger partial charge in [-0.05, 0) is 6.42 Å². The van der Waals surface area contributed by atoms with Gasteiger partial charge in [-0.15, -0.1) is 0 Å². The number of carbonyl (C=O) groups excluding carboxylic acids is 1. The Morgan fingerprint density at radius 2 is 2.33 bits per heavy atom. The molecule has 1 rings (SSSR count). The van der Waals surface area contributed by atoms with Crippen LogP contribution in [0.25, 0.3) is 0 Å². The molecule has 2 N–H and O–H groups in total. The number of cyclic esters (lactones) is 1. The molecule has 0 aliphatic carbocycles. The van der Waals surface area contributed by atoms with E-state index < -0.39 is 0 Å². The molecule has 0 aromatic rings. The first-order valence-corrected chi connectivity index (χ1v) is 3.89. The van der Waals surface area contributed by atoms with Crippen LogP contribution in [0.4, 0.5) is 0 Å². The second-order valence-electron chi connectivity index (χ2n) is 2.35. The van der Waals surface area contributed by atoms with Crippen LogP contribution in [0, 0.1) is 5.41 Å². The van der Waals surface area contributed by atoms with Gasteiger partial charge in [-0.3, -0.25) is 10.2 Å². The van der Waals surface area contributed by atoms with Crippen LogP contribution in [0.3, 0.4) is 0 Å². The molecular weight excluding hydrogens is 180 g/mol. The van der Waals surface area contributed by atoms with Gasteiger partial charge >= 0.3 is 5.97 Å². The molecule has 12 heavy (non-hydrogen) atoms. The highest BCUT2D eigenvalue weighted by atomic mass is 35.5. The van der Waals surface area contributed by atoms with Crippen LogP contribution in [0.15, 0.2) is 10.7 Å². The zero-order chi connectivity index (χ0) is 9.14. The van der Waals surface area contributed by atoms with Crippen molar-refractivity contribution in [2.75, 3.05) is 7.05 Å². The average molecular weight is 189 g/mol. The van der Waals surface area contributed by atoms with Crippen LogP contribution in [0.5, 0.6) is 0 Å². The summed E-state index contributed by atoms with van der Waals surface area (Å²) in [5.74, 6) is -0.519.